The maximum atomic E-state index is 13.5. The van der Waals surface area contributed by atoms with Crippen LogP contribution >= 0.6 is 11.3 Å². The van der Waals surface area contributed by atoms with E-state index in [0.29, 0.717) is 30.6 Å². The van der Waals surface area contributed by atoms with Crippen molar-refractivity contribution in [1.82, 2.24) is 15.2 Å². The van der Waals surface area contributed by atoms with Crippen molar-refractivity contribution in [3.05, 3.63) is 89.4 Å². The fourth-order valence-corrected chi connectivity index (χ4v) is 4.80. The Balaban J connectivity index is 1.42. The number of thiophene rings is 1. The molecule has 0 unspecified atom stereocenters. The molecule has 0 radical (unpaired) electrons. The number of rotatable bonds is 4. The number of hydrogen-bond acceptors (Lipinski definition) is 4. The molecule has 1 N–H and O–H groups in total. The maximum absolute atomic E-state index is 13.5. The van der Waals surface area contributed by atoms with E-state index in [1.807, 2.05) is 42.5 Å². The number of nitrogens with zero attached hydrogens (tertiary/aromatic N) is 2. The number of carbonyl (C=O) groups excluding carboxylic acids is 2. The minimum atomic E-state index is -0.548. The number of piperazine rings is 1. The predicted molar refractivity (Wildman–Crippen MR) is 123 cm³/mol. The van der Waals surface area contributed by atoms with Gasteiger partial charge in [-0.1, -0.05) is 48.5 Å². The molecular weight excluding hydrogens is 406 g/mol. The topological polar surface area (TPSA) is 62.3 Å². The van der Waals surface area contributed by atoms with Crippen LogP contribution in [0.4, 0.5) is 0 Å². The normalized spacial score (nSPS) is 16.3. The van der Waals surface area contributed by atoms with Crippen LogP contribution in [0.1, 0.15) is 15.9 Å². The van der Waals surface area contributed by atoms with Gasteiger partial charge in [-0.25, -0.2) is 0 Å². The fourth-order valence-electron chi connectivity index (χ4n) is 4.06. The quantitative estimate of drug-likeness (QED) is 0.532. The Morgan fingerprint density at radius 2 is 1.90 bits per heavy atom. The van der Waals surface area contributed by atoms with Crippen molar-refractivity contribution >= 4 is 34.1 Å². The summed E-state index contributed by atoms with van der Waals surface area (Å²) in [5.41, 5.74) is 3.38. The summed E-state index contributed by atoms with van der Waals surface area (Å²) in [5, 5.41) is 5.88. The largest absolute Gasteiger partial charge is 0.353 e. The third kappa shape index (κ3) is 3.82. The number of hydrogen-bond donors (Lipinski definition) is 1. The van der Waals surface area contributed by atoms with E-state index in [1.54, 1.807) is 28.5 Å². The fraction of sp³-hybridized carbons (Fsp3) is 0.160. The van der Waals surface area contributed by atoms with Crippen LogP contribution in [0.5, 0.6) is 0 Å². The Bertz CT molecular complexity index is 1230. The van der Waals surface area contributed by atoms with Gasteiger partial charge >= 0.3 is 0 Å². The van der Waals surface area contributed by atoms with Crippen LogP contribution in [-0.2, 0) is 11.2 Å². The van der Waals surface area contributed by atoms with Crippen LogP contribution in [0.15, 0.2) is 78.3 Å². The Hall–Kier alpha value is -3.51. The zero-order chi connectivity index (χ0) is 21.2. The minimum Gasteiger partial charge on any atom is -0.353 e. The lowest BCUT2D eigenvalue weighted by atomic mass is 9.99. The third-order valence-electron chi connectivity index (χ3n) is 5.64. The summed E-state index contributed by atoms with van der Waals surface area (Å²) in [6.45, 7) is 0.933. The van der Waals surface area contributed by atoms with Crippen molar-refractivity contribution in [2.24, 2.45) is 0 Å². The van der Waals surface area contributed by atoms with Crippen molar-refractivity contribution in [3.8, 4) is 10.4 Å². The lowest BCUT2D eigenvalue weighted by Crippen LogP contribution is -2.58. The highest BCUT2D eigenvalue weighted by atomic mass is 32.1. The average Bonchev–Trinajstić information content (AvgIpc) is 3.35. The molecule has 4 aromatic rings. The smallest absolute Gasteiger partial charge is 0.256 e. The van der Waals surface area contributed by atoms with Gasteiger partial charge in [0.2, 0.25) is 5.91 Å². The summed E-state index contributed by atoms with van der Waals surface area (Å²) in [5.74, 6) is -0.269. The number of benzene rings is 2. The number of pyridine rings is 1. The zero-order valence-electron chi connectivity index (χ0n) is 16.8. The highest BCUT2D eigenvalue weighted by Gasteiger charge is 2.34. The molecule has 1 aliphatic rings. The van der Waals surface area contributed by atoms with E-state index < -0.39 is 6.04 Å². The lowest BCUT2D eigenvalue weighted by Gasteiger charge is -2.35. The summed E-state index contributed by atoms with van der Waals surface area (Å²) in [6, 6.07) is 21.2. The molecular formula is C25H21N3O2S. The number of amides is 2. The first kappa shape index (κ1) is 19.5. The highest BCUT2D eigenvalue weighted by molar-refractivity contribution is 7.13. The molecule has 154 valence electrons. The van der Waals surface area contributed by atoms with Gasteiger partial charge < -0.3 is 10.2 Å². The molecule has 5 nitrogen and oxygen atoms in total. The molecule has 2 aromatic carbocycles. The monoisotopic (exact) mass is 427 g/mol. The highest BCUT2D eigenvalue weighted by Crippen LogP contribution is 2.26. The standard InChI is InChI=1S/C25H21N3O2S/c29-24-21(16-17-8-10-18(11-9-17)22-7-3-15-31-22)28(14-13-27-24)25(30)20-6-1-4-19-5-2-12-26-23(19)20/h1-12,15,21H,13-14,16H2,(H,27,29)/t21-/m1/s1. The molecule has 0 spiro atoms. The number of nitrogens with one attached hydrogen (secondary N) is 1. The molecule has 3 heterocycles. The summed E-state index contributed by atoms with van der Waals surface area (Å²) in [6.07, 6.45) is 2.16. The van der Waals surface area contributed by atoms with Gasteiger partial charge in [0.1, 0.15) is 6.04 Å². The first-order valence-electron chi connectivity index (χ1n) is 10.3. The molecule has 0 saturated carbocycles. The van der Waals surface area contributed by atoms with Gasteiger partial charge in [-0.05, 0) is 34.7 Å². The Kier molecular flexibility index (Phi) is 5.22. The van der Waals surface area contributed by atoms with E-state index in [0.717, 1.165) is 16.5 Å². The first-order valence-corrected chi connectivity index (χ1v) is 11.1. The van der Waals surface area contributed by atoms with Crippen LogP contribution < -0.4 is 5.32 Å². The number of aromatic nitrogens is 1. The van der Waals surface area contributed by atoms with E-state index in [-0.39, 0.29) is 11.8 Å². The first-order chi connectivity index (χ1) is 15.2. The second kappa shape index (κ2) is 8.32. The molecule has 1 saturated heterocycles. The van der Waals surface area contributed by atoms with Crippen molar-refractivity contribution in [2.75, 3.05) is 13.1 Å². The van der Waals surface area contributed by atoms with Crippen molar-refractivity contribution in [3.63, 3.8) is 0 Å². The summed E-state index contributed by atoms with van der Waals surface area (Å²) in [7, 11) is 0. The summed E-state index contributed by atoms with van der Waals surface area (Å²) >= 11 is 1.70. The van der Waals surface area contributed by atoms with Crippen LogP contribution in [0.2, 0.25) is 0 Å². The van der Waals surface area contributed by atoms with Gasteiger partial charge in [0.05, 0.1) is 11.1 Å². The average molecular weight is 428 g/mol. The van der Waals surface area contributed by atoms with Gasteiger partial charge in [0, 0.05) is 36.0 Å². The Morgan fingerprint density at radius 3 is 2.71 bits per heavy atom. The molecule has 0 bridgehead atoms. The Morgan fingerprint density at radius 1 is 1.06 bits per heavy atom. The van der Waals surface area contributed by atoms with Crippen molar-refractivity contribution in [2.45, 2.75) is 12.5 Å². The number of carbonyl (C=O) groups is 2. The van der Waals surface area contributed by atoms with Gasteiger partial charge in [-0.15, -0.1) is 11.3 Å². The molecule has 6 heteroatoms. The van der Waals surface area contributed by atoms with E-state index in [4.69, 9.17) is 0 Å². The number of fused-ring (bicyclic) bond motifs is 1. The van der Waals surface area contributed by atoms with E-state index >= 15 is 0 Å². The molecule has 2 amide bonds. The molecule has 31 heavy (non-hydrogen) atoms. The van der Waals surface area contributed by atoms with Crippen LogP contribution in [0.25, 0.3) is 21.3 Å². The molecule has 1 aliphatic heterocycles. The molecule has 1 atom stereocenters. The molecule has 0 aliphatic carbocycles. The maximum Gasteiger partial charge on any atom is 0.256 e. The van der Waals surface area contributed by atoms with Gasteiger partial charge in [-0.3, -0.25) is 14.6 Å². The van der Waals surface area contributed by atoms with E-state index in [1.165, 1.54) is 4.88 Å². The van der Waals surface area contributed by atoms with Gasteiger partial charge in [-0.2, -0.15) is 0 Å². The van der Waals surface area contributed by atoms with E-state index in [9.17, 15) is 9.59 Å². The lowest BCUT2D eigenvalue weighted by molar-refractivity contribution is -0.127. The summed E-state index contributed by atoms with van der Waals surface area (Å²) in [4.78, 5) is 33.5. The minimum absolute atomic E-state index is 0.116. The third-order valence-corrected chi connectivity index (χ3v) is 6.56. The summed E-state index contributed by atoms with van der Waals surface area (Å²) < 4.78 is 0. The van der Waals surface area contributed by atoms with Gasteiger partial charge in [0.15, 0.2) is 0 Å². The van der Waals surface area contributed by atoms with Crippen molar-refractivity contribution < 1.29 is 9.59 Å². The number of para-hydroxylation sites is 1. The van der Waals surface area contributed by atoms with Gasteiger partial charge in [0.25, 0.3) is 5.91 Å². The Labute approximate surface area is 184 Å². The molecule has 5 rings (SSSR count). The van der Waals surface area contributed by atoms with Crippen LogP contribution in [-0.4, -0.2) is 40.8 Å². The second-order valence-corrected chi connectivity index (χ2v) is 8.51. The predicted octanol–water partition coefficient (Wildman–Crippen LogP) is 4.15. The zero-order valence-corrected chi connectivity index (χ0v) is 17.6. The SMILES string of the molecule is O=C1NCCN(C(=O)c2cccc3cccnc23)[C@@H]1Cc1ccc(-c2cccs2)cc1. The van der Waals surface area contributed by atoms with Crippen molar-refractivity contribution in [1.29, 1.82) is 0 Å². The van der Waals surface area contributed by atoms with Crippen LogP contribution in [0, 0.1) is 0 Å². The molecule has 2 aromatic heterocycles. The van der Waals surface area contributed by atoms with Crippen LogP contribution in [0.3, 0.4) is 0 Å². The second-order valence-electron chi connectivity index (χ2n) is 7.56. The van der Waals surface area contributed by atoms with E-state index in [2.05, 4.69) is 33.9 Å². The molecule has 1 fully saturated rings.